The van der Waals surface area contributed by atoms with Crippen LogP contribution in [0.15, 0.2) is 23.3 Å². The van der Waals surface area contributed by atoms with Gasteiger partial charge in [-0.15, -0.1) is 0 Å². The minimum Gasteiger partial charge on any atom is -0.349 e. The van der Waals surface area contributed by atoms with Gasteiger partial charge in [0.15, 0.2) is 5.65 Å². The van der Waals surface area contributed by atoms with Crippen LogP contribution in [-0.2, 0) is 0 Å². The van der Waals surface area contributed by atoms with Crippen molar-refractivity contribution in [3.8, 4) is 0 Å². The van der Waals surface area contributed by atoms with Crippen molar-refractivity contribution < 1.29 is 4.79 Å². The molecule has 0 aliphatic heterocycles. The van der Waals surface area contributed by atoms with E-state index in [2.05, 4.69) is 29.2 Å². The number of H-pyrrole nitrogens is 1. The van der Waals surface area contributed by atoms with Crippen LogP contribution in [0.2, 0.25) is 0 Å². The van der Waals surface area contributed by atoms with Gasteiger partial charge in [-0.05, 0) is 31.1 Å². The lowest BCUT2D eigenvalue weighted by molar-refractivity contribution is 0.0912. The maximum atomic E-state index is 12.4. The van der Waals surface area contributed by atoms with Crippen LogP contribution in [0.1, 0.15) is 43.5 Å². The van der Waals surface area contributed by atoms with E-state index >= 15 is 0 Å². The Labute approximate surface area is 122 Å². The van der Waals surface area contributed by atoms with Crippen molar-refractivity contribution >= 4 is 11.6 Å². The van der Waals surface area contributed by atoms with E-state index in [4.69, 9.17) is 0 Å². The van der Waals surface area contributed by atoms with Crippen molar-refractivity contribution in [1.29, 1.82) is 0 Å². The highest BCUT2D eigenvalue weighted by Gasteiger charge is 2.26. The highest BCUT2D eigenvalue weighted by Crippen LogP contribution is 2.28. The SMILES string of the molecule is CC1CC(C)CC(NC(=O)c2c[nH]n3c(=O)ccnc23)C1. The third-order valence-corrected chi connectivity index (χ3v) is 4.18. The Kier molecular flexibility index (Phi) is 3.53. The lowest BCUT2D eigenvalue weighted by Gasteiger charge is -2.31. The first-order valence-electron chi connectivity index (χ1n) is 7.40. The molecule has 1 saturated carbocycles. The fourth-order valence-corrected chi connectivity index (χ4v) is 3.41. The number of nitrogens with zero attached hydrogens (tertiary/aromatic N) is 2. The largest absolute Gasteiger partial charge is 0.349 e. The van der Waals surface area contributed by atoms with E-state index in [-0.39, 0.29) is 17.5 Å². The van der Waals surface area contributed by atoms with Crippen LogP contribution in [0, 0.1) is 11.8 Å². The van der Waals surface area contributed by atoms with Gasteiger partial charge in [0.05, 0.1) is 0 Å². The highest BCUT2D eigenvalue weighted by atomic mass is 16.2. The van der Waals surface area contributed by atoms with Gasteiger partial charge < -0.3 is 5.32 Å². The Morgan fingerprint density at radius 2 is 2.05 bits per heavy atom. The van der Waals surface area contributed by atoms with Gasteiger partial charge in [-0.2, -0.15) is 0 Å². The average Bonchev–Trinajstić information content (AvgIpc) is 2.82. The van der Waals surface area contributed by atoms with Gasteiger partial charge in [0.25, 0.3) is 11.5 Å². The standard InChI is InChI=1S/C15H20N4O2/c1-9-5-10(2)7-11(6-9)18-15(21)12-8-17-19-13(20)3-4-16-14(12)19/h3-4,8-11,17H,5-7H2,1-2H3,(H,18,21). The Bertz CT molecular complexity index is 708. The number of aromatic nitrogens is 3. The second-order valence-electron chi connectivity index (χ2n) is 6.22. The van der Waals surface area contributed by atoms with E-state index in [0.717, 1.165) is 12.8 Å². The fraction of sp³-hybridized carbons (Fsp3) is 0.533. The Balaban J connectivity index is 1.81. The molecule has 2 atom stereocenters. The van der Waals surface area contributed by atoms with Crippen LogP contribution in [0.25, 0.3) is 5.65 Å². The summed E-state index contributed by atoms with van der Waals surface area (Å²) in [5.74, 6) is 1.09. The monoisotopic (exact) mass is 288 g/mol. The zero-order valence-corrected chi connectivity index (χ0v) is 12.3. The van der Waals surface area contributed by atoms with E-state index in [1.165, 1.54) is 29.4 Å². The minimum absolute atomic E-state index is 0.168. The molecular formula is C15H20N4O2. The fourth-order valence-electron chi connectivity index (χ4n) is 3.41. The normalized spacial score (nSPS) is 25.9. The smallest absolute Gasteiger partial charge is 0.272 e. The van der Waals surface area contributed by atoms with Crippen molar-refractivity contribution in [2.75, 3.05) is 0 Å². The summed E-state index contributed by atoms with van der Waals surface area (Å²) in [5, 5.41) is 5.85. The molecule has 6 heteroatoms. The molecule has 2 unspecified atom stereocenters. The van der Waals surface area contributed by atoms with Gasteiger partial charge >= 0.3 is 0 Å². The maximum Gasteiger partial charge on any atom is 0.272 e. The molecule has 2 N–H and O–H groups in total. The van der Waals surface area contributed by atoms with Gasteiger partial charge in [-0.3, -0.25) is 14.7 Å². The third-order valence-electron chi connectivity index (χ3n) is 4.18. The number of hydrogen-bond acceptors (Lipinski definition) is 3. The lowest BCUT2D eigenvalue weighted by atomic mass is 9.80. The summed E-state index contributed by atoms with van der Waals surface area (Å²) in [6, 6.07) is 1.55. The van der Waals surface area contributed by atoms with Gasteiger partial charge in [-0.25, -0.2) is 9.50 Å². The van der Waals surface area contributed by atoms with E-state index in [9.17, 15) is 9.59 Å². The molecule has 1 amide bonds. The summed E-state index contributed by atoms with van der Waals surface area (Å²) in [5.41, 5.74) is 0.564. The molecule has 21 heavy (non-hydrogen) atoms. The summed E-state index contributed by atoms with van der Waals surface area (Å²) in [6.07, 6.45) is 6.19. The molecule has 0 saturated heterocycles. The Hall–Kier alpha value is -2.11. The first-order valence-corrected chi connectivity index (χ1v) is 7.40. The third kappa shape index (κ3) is 2.70. The number of carbonyl (C=O) groups is 1. The molecule has 1 aliphatic carbocycles. The Morgan fingerprint density at radius 3 is 2.76 bits per heavy atom. The van der Waals surface area contributed by atoms with Crippen molar-refractivity contribution in [2.45, 2.75) is 39.2 Å². The van der Waals surface area contributed by atoms with Crippen molar-refractivity contribution in [3.05, 3.63) is 34.4 Å². The van der Waals surface area contributed by atoms with Gasteiger partial charge in [0.1, 0.15) is 5.56 Å². The second kappa shape index (κ2) is 5.35. The number of hydrogen-bond donors (Lipinski definition) is 2. The van der Waals surface area contributed by atoms with Gasteiger partial charge in [0.2, 0.25) is 0 Å². The molecule has 0 spiro atoms. The van der Waals surface area contributed by atoms with Crippen molar-refractivity contribution in [1.82, 2.24) is 19.9 Å². The summed E-state index contributed by atoms with van der Waals surface area (Å²) < 4.78 is 1.28. The summed E-state index contributed by atoms with van der Waals surface area (Å²) in [4.78, 5) is 28.2. The van der Waals surface area contributed by atoms with Crippen LogP contribution in [0.4, 0.5) is 0 Å². The van der Waals surface area contributed by atoms with Gasteiger partial charge in [-0.1, -0.05) is 13.8 Å². The first-order chi connectivity index (χ1) is 10.0. The molecule has 6 nitrogen and oxygen atoms in total. The van der Waals surface area contributed by atoms with Crippen LogP contribution >= 0.6 is 0 Å². The number of nitrogens with one attached hydrogen (secondary N) is 2. The molecule has 112 valence electrons. The lowest BCUT2D eigenvalue weighted by Crippen LogP contribution is -2.40. The molecule has 2 aromatic rings. The summed E-state index contributed by atoms with van der Waals surface area (Å²) >= 11 is 0. The first kappa shape index (κ1) is 13.9. The predicted octanol–water partition coefficient (Wildman–Crippen LogP) is 1.58. The molecule has 1 aliphatic rings. The zero-order valence-electron chi connectivity index (χ0n) is 12.3. The molecular weight excluding hydrogens is 268 g/mol. The van der Waals surface area contributed by atoms with Crippen LogP contribution in [-0.4, -0.2) is 26.5 Å². The number of carbonyl (C=O) groups excluding carboxylic acids is 1. The quantitative estimate of drug-likeness (QED) is 0.880. The number of fused-ring (bicyclic) bond motifs is 1. The van der Waals surface area contributed by atoms with Crippen LogP contribution < -0.4 is 10.9 Å². The van der Waals surface area contributed by atoms with E-state index in [1.807, 2.05) is 0 Å². The molecule has 0 aromatic carbocycles. The number of rotatable bonds is 2. The van der Waals surface area contributed by atoms with Crippen LogP contribution in [0.3, 0.4) is 0 Å². The molecule has 2 aromatic heterocycles. The molecule has 2 heterocycles. The maximum absolute atomic E-state index is 12.4. The minimum atomic E-state index is -0.223. The summed E-state index contributed by atoms with van der Waals surface area (Å²) in [6.45, 7) is 4.45. The number of aromatic amines is 1. The second-order valence-corrected chi connectivity index (χ2v) is 6.22. The average molecular weight is 288 g/mol. The van der Waals surface area contributed by atoms with Crippen molar-refractivity contribution in [3.63, 3.8) is 0 Å². The predicted molar refractivity (Wildman–Crippen MR) is 79.2 cm³/mol. The Morgan fingerprint density at radius 1 is 1.33 bits per heavy atom. The molecule has 3 rings (SSSR count). The van der Waals surface area contributed by atoms with E-state index < -0.39 is 0 Å². The molecule has 0 radical (unpaired) electrons. The molecule has 0 bridgehead atoms. The summed E-state index contributed by atoms with van der Waals surface area (Å²) in [7, 11) is 0. The zero-order chi connectivity index (χ0) is 15.0. The highest BCUT2D eigenvalue weighted by molar-refractivity contribution is 5.99. The van der Waals surface area contributed by atoms with E-state index in [0.29, 0.717) is 23.0 Å². The van der Waals surface area contributed by atoms with E-state index in [1.54, 1.807) is 0 Å². The van der Waals surface area contributed by atoms with Crippen molar-refractivity contribution in [2.24, 2.45) is 11.8 Å². The topological polar surface area (TPSA) is 79.3 Å². The van der Waals surface area contributed by atoms with Gasteiger partial charge in [0, 0.05) is 24.5 Å². The number of amides is 1. The van der Waals surface area contributed by atoms with Crippen LogP contribution in [0.5, 0.6) is 0 Å². The molecule has 1 fully saturated rings.